The fraction of sp³-hybridized carbons (Fsp3) is 0.364. The molecular weight excluding hydrogens is 230 g/mol. The molecule has 4 nitrogen and oxygen atoms in total. The molecule has 0 aliphatic carbocycles. The molecule has 0 amide bonds. The van der Waals surface area contributed by atoms with E-state index in [1.54, 1.807) is 6.92 Å². The quantitative estimate of drug-likeness (QED) is 0.784. The fourth-order valence-corrected chi connectivity index (χ4v) is 1.20. The van der Waals surface area contributed by atoms with Crippen LogP contribution < -0.4 is 5.73 Å². The lowest BCUT2D eigenvalue weighted by atomic mass is 10.1. The Morgan fingerprint density at radius 2 is 2.00 bits per heavy atom. The van der Waals surface area contributed by atoms with Crippen LogP contribution in [0.2, 0.25) is 0 Å². The first kappa shape index (κ1) is 14.9. The van der Waals surface area contributed by atoms with Gasteiger partial charge in [0.2, 0.25) is 0 Å². The summed E-state index contributed by atoms with van der Waals surface area (Å²) in [6, 6.07) is 9.11. The summed E-state index contributed by atoms with van der Waals surface area (Å²) in [4.78, 5) is 11.2. The highest BCUT2D eigenvalue weighted by atomic mass is 35.5. The van der Waals surface area contributed by atoms with Crippen LogP contribution in [0.1, 0.15) is 12.5 Å². The number of rotatable bonds is 4. The molecule has 1 rings (SSSR count). The maximum Gasteiger partial charge on any atom is 0.323 e. The number of carbonyl (C=O) groups is 1. The summed E-state index contributed by atoms with van der Waals surface area (Å²) in [5, 5.41) is 0. The lowest BCUT2D eigenvalue weighted by Gasteiger charge is -2.09. The van der Waals surface area contributed by atoms with Crippen LogP contribution >= 0.6 is 11.9 Å². The number of halogens is 1. The van der Waals surface area contributed by atoms with E-state index >= 15 is 0 Å². The highest BCUT2D eigenvalue weighted by Gasteiger charge is 2.14. The van der Waals surface area contributed by atoms with Crippen LogP contribution in [0.4, 0.5) is 0 Å². The lowest BCUT2D eigenvalue weighted by molar-refractivity contribution is -0.144. The number of hydrogen-bond donors (Lipinski definition) is 2. The van der Waals surface area contributed by atoms with Crippen molar-refractivity contribution in [1.82, 2.24) is 0 Å². The second kappa shape index (κ2) is 9.15. The fourth-order valence-electron chi connectivity index (χ4n) is 1.20. The summed E-state index contributed by atoms with van der Waals surface area (Å²) in [5.74, 6) is -0.337. The van der Waals surface area contributed by atoms with Gasteiger partial charge in [-0.2, -0.15) is 0 Å². The molecular formula is C11H16ClNO3. The minimum Gasteiger partial charge on any atom is -0.465 e. The van der Waals surface area contributed by atoms with Gasteiger partial charge in [0.05, 0.1) is 18.5 Å². The average Bonchev–Trinajstić information content (AvgIpc) is 2.33. The predicted molar refractivity (Wildman–Crippen MR) is 62.8 cm³/mol. The SMILES string of the molecule is CCOC(=O)[C@@H](N)Cc1ccccc1.OCl. The molecule has 0 unspecified atom stereocenters. The van der Waals surface area contributed by atoms with Gasteiger partial charge in [0.1, 0.15) is 6.04 Å². The number of carbonyl (C=O) groups excluding carboxylic acids is 1. The van der Waals surface area contributed by atoms with Gasteiger partial charge in [-0.05, 0) is 18.9 Å². The van der Waals surface area contributed by atoms with E-state index in [9.17, 15) is 4.79 Å². The third-order valence-corrected chi connectivity index (χ3v) is 1.89. The van der Waals surface area contributed by atoms with Gasteiger partial charge in [-0.25, -0.2) is 0 Å². The Balaban J connectivity index is 0.00000106. The van der Waals surface area contributed by atoms with E-state index in [1.807, 2.05) is 30.3 Å². The zero-order valence-electron chi connectivity index (χ0n) is 9.10. The van der Waals surface area contributed by atoms with Gasteiger partial charge in [-0.3, -0.25) is 9.45 Å². The van der Waals surface area contributed by atoms with E-state index < -0.39 is 6.04 Å². The van der Waals surface area contributed by atoms with Crippen LogP contribution in [0.15, 0.2) is 30.3 Å². The molecule has 0 aromatic heterocycles. The molecule has 0 bridgehead atoms. The standard InChI is InChI=1S/C11H15NO2.ClHO/c1-2-14-11(13)10(12)8-9-6-4-3-5-7-9;1-2/h3-7,10H,2,8,12H2,1H3;2H/t10-;/m0./s1. The second-order valence-corrected chi connectivity index (χ2v) is 3.05. The maximum atomic E-state index is 11.2. The molecule has 90 valence electrons. The zero-order valence-corrected chi connectivity index (χ0v) is 9.85. The number of ether oxygens (including phenoxy) is 1. The van der Waals surface area contributed by atoms with Crippen LogP contribution in [0.3, 0.4) is 0 Å². The van der Waals surface area contributed by atoms with Gasteiger partial charge in [0.25, 0.3) is 0 Å². The van der Waals surface area contributed by atoms with Gasteiger partial charge >= 0.3 is 5.97 Å². The number of hydrogen-bond acceptors (Lipinski definition) is 4. The van der Waals surface area contributed by atoms with Gasteiger partial charge in [-0.1, -0.05) is 30.3 Å². The molecule has 16 heavy (non-hydrogen) atoms. The molecule has 0 saturated carbocycles. The van der Waals surface area contributed by atoms with Crippen LogP contribution in [-0.2, 0) is 16.0 Å². The monoisotopic (exact) mass is 245 g/mol. The maximum absolute atomic E-state index is 11.2. The Morgan fingerprint density at radius 1 is 1.44 bits per heavy atom. The van der Waals surface area contributed by atoms with Crippen LogP contribution in [0.5, 0.6) is 0 Å². The van der Waals surface area contributed by atoms with Crippen LogP contribution in [0, 0.1) is 0 Å². The Morgan fingerprint density at radius 3 is 2.50 bits per heavy atom. The summed E-state index contributed by atoms with van der Waals surface area (Å²) >= 11 is 3.64. The molecule has 0 aliphatic rings. The van der Waals surface area contributed by atoms with Gasteiger partial charge < -0.3 is 10.5 Å². The molecule has 1 atom stereocenters. The molecule has 0 fully saturated rings. The molecule has 0 heterocycles. The number of nitrogens with two attached hydrogens (primary N) is 1. The lowest BCUT2D eigenvalue weighted by Crippen LogP contribution is -2.34. The predicted octanol–water partition coefficient (Wildman–Crippen LogP) is 1.25. The summed E-state index contributed by atoms with van der Waals surface area (Å²) in [6.45, 7) is 2.15. The smallest absolute Gasteiger partial charge is 0.323 e. The summed E-state index contributed by atoms with van der Waals surface area (Å²) in [7, 11) is 0. The molecule has 5 heteroatoms. The zero-order chi connectivity index (χ0) is 12.4. The minimum absolute atomic E-state index is 0.337. The summed E-state index contributed by atoms with van der Waals surface area (Å²) in [6.07, 6.45) is 0.527. The highest BCUT2D eigenvalue weighted by Crippen LogP contribution is 2.02. The van der Waals surface area contributed by atoms with E-state index in [0.29, 0.717) is 13.0 Å². The number of benzene rings is 1. The first-order chi connectivity index (χ1) is 7.74. The first-order valence-corrected chi connectivity index (χ1v) is 5.21. The normalized spacial score (nSPS) is 11.0. The van der Waals surface area contributed by atoms with E-state index in [-0.39, 0.29) is 5.97 Å². The topological polar surface area (TPSA) is 72.5 Å². The van der Waals surface area contributed by atoms with Gasteiger partial charge in [-0.15, -0.1) is 0 Å². The van der Waals surface area contributed by atoms with Crippen LogP contribution in [0.25, 0.3) is 0 Å². The molecule has 1 aromatic carbocycles. The van der Waals surface area contributed by atoms with Crippen molar-refractivity contribution in [3.8, 4) is 0 Å². The highest BCUT2D eigenvalue weighted by molar-refractivity contribution is 6.04. The third-order valence-electron chi connectivity index (χ3n) is 1.89. The van der Waals surface area contributed by atoms with E-state index in [4.69, 9.17) is 15.1 Å². The Labute approximate surface area is 100 Å². The Hall–Kier alpha value is -1.10. The molecule has 0 aliphatic heterocycles. The van der Waals surface area contributed by atoms with Crippen molar-refractivity contribution >= 4 is 17.8 Å². The van der Waals surface area contributed by atoms with Gasteiger partial charge in [0.15, 0.2) is 0 Å². The van der Waals surface area contributed by atoms with Crippen LogP contribution in [-0.4, -0.2) is 23.3 Å². The molecule has 1 aromatic rings. The van der Waals surface area contributed by atoms with Crippen molar-refractivity contribution in [3.05, 3.63) is 35.9 Å². The van der Waals surface area contributed by atoms with E-state index in [0.717, 1.165) is 5.56 Å². The average molecular weight is 246 g/mol. The van der Waals surface area contributed by atoms with Crippen molar-refractivity contribution in [3.63, 3.8) is 0 Å². The van der Waals surface area contributed by atoms with Gasteiger partial charge in [0, 0.05) is 0 Å². The van der Waals surface area contributed by atoms with Crippen molar-refractivity contribution in [2.75, 3.05) is 6.61 Å². The largest absolute Gasteiger partial charge is 0.465 e. The molecule has 0 spiro atoms. The molecule has 3 N–H and O–H groups in total. The second-order valence-electron chi connectivity index (χ2n) is 3.05. The first-order valence-electron chi connectivity index (χ1n) is 4.87. The molecule has 0 radical (unpaired) electrons. The summed E-state index contributed by atoms with van der Waals surface area (Å²) < 4.78 is 11.3. The summed E-state index contributed by atoms with van der Waals surface area (Å²) in [5.41, 5.74) is 6.71. The van der Waals surface area contributed by atoms with E-state index in [1.165, 1.54) is 0 Å². The minimum atomic E-state index is -0.558. The Bertz CT molecular complexity index is 293. The van der Waals surface area contributed by atoms with Crippen molar-refractivity contribution in [2.24, 2.45) is 5.73 Å². The third kappa shape index (κ3) is 5.70. The van der Waals surface area contributed by atoms with E-state index in [2.05, 4.69) is 11.9 Å². The molecule has 0 saturated heterocycles. The number of esters is 1. The Kier molecular flexibility index (Phi) is 8.52. The van der Waals surface area contributed by atoms with Crippen molar-refractivity contribution < 1.29 is 14.2 Å². The van der Waals surface area contributed by atoms with Crippen molar-refractivity contribution in [1.29, 1.82) is 0 Å². The van der Waals surface area contributed by atoms with Crippen molar-refractivity contribution in [2.45, 2.75) is 19.4 Å².